The molecular weight excluding hydrogens is 404 g/mol. The number of methoxy groups -OCH3 is 1. The molecule has 3 heterocycles. The Balaban J connectivity index is 1.44. The predicted octanol–water partition coefficient (Wildman–Crippen LogP) is 1.70. The molecule has 1 aliphatic rings. The lowest BCUT2D eigenvalue weighted by Crippen LogP contribution is -2.60. The molecule has 0 unspecified atom stereocenters. The molecule has 158 valence electrons. The van der Waals surface area contributed by atoms with Crippen molar-refractivity contribution in [3.05, 3.63) is 48.4 Å². The zero-order valence-electron chi connectivity index (χ0n) is 17.3. The third-order valence-electron chi connectivity index (χ3n) is 5.46. The van der Waals surface area contributed by atoms with E-state index in [4.69, 9.17) is 4.74 Å². The fourth-order valence-electron chi connectivity index (χ4n) is 3.36. The fraction of sp³-hybridized carbons (Fsp3) is 0.350. The van der Waals surface area contributed by atoms with Crippen LogP contribution in [0.5, 0.6) is 5.75 Å². The van der Waals surface area contributed by atoms with Crippen molar-refractivity contribution in [3.63, 3.8) is 0 Å². The van der Waals surface area contributed by atoms with Crippen LogP contribution >= 0.6 is 0 Å². The third kappa shape index (κ3) is 3.52. The molecule has 2 aromatic heterocycles. The van der Waals surface area contributed by atoms with Gasteiger partial charge in [0.15, 0.2) is 10.8 Å². The lowest BCUT2D eigenvalue weighted by Gasteiger charge is -2.43. The maximum Gasteiger partial charge on any atom is 0.262 e. The first-order valence-corrected chi connectivity index (χ1v) is 11.0. The van der Waals surface area contributed by atoms with Gasteiger partial charge in [0.2, 0.25) is 0 Å². The summed E-state index contributed by atoms with van der Waals surface area (Å²) in [5.74, 6) is 2.10. The van der Waals surface area contributed by atoms with Gasteiger partial charge in [-0.2, -0.15) is 4.31 Å². The van der Waals surface area contributed by atoms with Gasteiger partial charge in [-0.1, -0.05) is 12.1 Å². The zero-order chi connectivity index (χ0) is 21.5. The summed E-state index contributed by atoms with van der Waals surface area (Å²) >= 11 is 0. The van der Waals surface area contributed by atoms with Gasteiger partial charge < -0.3 is 14.2 Å². The van der Waals surface area contributed by atoms with Crippen molar-refractivity contribution in [1.29, 1.82) is 0 Å². The van der Waals surface area contributed by atoms with Crippen molar-refractivity contribution in [3.8, 4) is 17.0 Å². The number of ether oxygens (including phenoxy) is 1. The molecule has 0 atom stereocenters. The Morgan fingerprint density at radius 1 is 1.13 bits per heavy atom. The van der Waals surface area contributed by atoms with E-state index in [1.165, 1.54) is 4.31 Å². The number of aryl methyl sites for hydroxylation is 2. The molecule has 0 aliphatic carbocycles. The first kappa shape index (κ1) is 20.3. The monoisotopic (exact) mass is 428 g/mol. The van der Waals surface area contributed by atoms with Crippen molar-refractivity contribution in [1.82, 2.24) is 24.1 Å². The molecule has 3 aromatic rings. The molecule has 1 aliphatic heterocycles. The average Bonchev–Trinajstić information content (AvgIpc) is 3.06. The van der Waals surface area contributed by atoms with Crippen LogP contribution in [0, 0.1) is 6.92 Å². The normalized spacial score (nSPS) is 14.8. The molecule has 9 nitrogen and oxygen atoms in total. The number of benzene rings is 1. The van der Waals surface area contributed by atoms with Gasteiger partial charge in [0.05, 0.1) is 18.8 Å². The average molecular weight is 429 g/mol. The predicted molar refractivity (Wildman–Crippen MR) is 113 cm³/mol. The molecule has 30 heavy (non-hydrogen) atoms. The zero-order valence-corrected chi connectivity index (χ0v) is 18.2. The maximum atomic E-state index is 12.8. The van der Waals surface area contributed by atoms with Gasteiger partial charge in [0.1, 0.15) is 11.6 Å². The van der Waals surface area contributed by atoms with Crippen molar-refractivity contribution >= 4 is 15.8 Å². The second-order valence-electron chi connectivity index (χ2n) is 7.29. The molecule has 1 saturated heterocycles. The van der Waals surface area contributed by atoms with Gasteiger partial charge in [0, 0.05) is 38.9 Å². The number of anilines is 1. The second kappa shape index (κ2) is 7.69. The smallest absolute Gasteiger partial charge is 0.262 e. The molecule has 0 N–H and O–H groups in total. The Morgan fingerprint density at radius 3 is 2.47 bits per heavy atom. The summed E-state index contributed by atoms with van der Waals surface area (Å²) in [5, 5.41) is 8.71. The highest BCUT2D eigenvalue weighted by molar-refractivity contribution is 7.89. The summed E-state index contributed by atoms with van der Waals surface area (Å²) in [6.45, 7) is 2.87. The largest absolute Gasteiger partial charge is 0.496 e. The van der Waals surface area contributed by atoms with E-state index in [1.807, 2.05) is 41.3 Å². The lowest BCUT2D eigenvalue weighted by molar-refractivity contribution is 0.308. The quantitative estimate of drug-likeness (QED) is 0.590. The van der Waals surface area contributed by atoms with Crippen LogP contribution < -0.4 is 9.64 Å². The highest BCUT2D eigenvalue weighted by atomic mass is 32.2. The Labute approximate surface area is 176 Å². The minimum absolute atomic E-state index is 0.0735. The molecule has 1 fully saturated rings. The van der Waals surface area contributed by atoms with Crippen LogP contribution in [-0.2, 0) is 17.1 Å². The number of nitrogens with zero attached hydrogens (tertiary/aromatic N) is 6. The van der Waals surface area contributed by atoms with Crippen LogP contribution in [-0.4, -0.2) is 65.8 Å². The Bertz CT molecular complexity index is 1130. The first-order valence-electron chi connectivity index (χ1n) is 9.51. The molecule has 10 heteroatoms. The van der Waals surface area contributed by atoms with Crippen molar-refractivity contribution < 1.29 is 13.2 Å². The summed E-state index contributed by atoms with van der Waals surface area (Å²) in [7, 11) is 1.36. The Morgan fingerprint density at radius 2 is 1.87 bits per heavy atom. The molecule has 0 saturated carbocycles. The van der Waals surface area contributed by atoms with Crippen LogP contribution in [0.1, 0.15) is 5.82 Å². The van der Waals surface area contributed by atoms with Crippen LogP contribution in [0.25, 0.3) is 11.3 Å². The SMILES string of the molecule is COc1ccccc1-c1ccc(N2CC(N(C)S(=O)(=O)c3cn(C)c(C)n3)C2)nn1. The van der Waals surface area contributed by atoms with E-state index in [0.29, 0.717) is 24.7 Å². The van der Waals surface area contributed by atoms with Gasteiger partial charge in [-0.05, 0) is 31.2 Å². The fourth-order valence-corrected chi connectivity index (χ4v) is 4.72. The molecule has 1 aromatic carbocycles. The second-order valence-corrected chi connectivity index (χ2v) is 9.24. The first-order chi connectivity index (χ1) is 14.3. The number of rotatable bonds is 6. The van der Waals surface area contributed by atoms with Gasteiger partial charge in [-0.3, -0.25) is 0 Å². The highest BCUT2D eigenvalue weighted by Crippen LogP contribution is 2.29. The third-order valence-corrected chi connectivity index (χ3v) is 7.25. The van der Waals surface area contributed by atoms with E-state index in [2.05, 4.69) is 15.2 Å². The molecule has 0 spiro atoms. The topological polar surface area (TPSA) is 93.5 Å². The van der Waals surface area contributed by atoms with Gasteiger partial charge >= 0.3 is 0 Å². The molecule has 0 bridgehead atoms. The number of hydrogen-bond acceptors (Lipinski definition) is 7. The van der Waals surface area contributed by atoms with E-state index in [9.17, 15) is 8.42 Å². The van der Waals surface area contributed by atoms with Crippen molar-refractivity contribution in [2.75, 3.05) is 32.1 Å². The van der Waals surface area contributed by atoms with E-state index < -0.39 is 10.0 Å². The minimum Gasteiger partial charge on any atom is -0.496 e. The number of para-hydroxylation sites is 1. The summed E-state index contributed by atoms with van der Waals surface area (Å²) in [5.41, 5.74) is 1.59. The molecule has 4 rings (SSSR count). The number of imidazole rings is 1. The summed E-state index contributed by atoms with van der Waals surface area (Å²) in [6, 6.07) is 11.3. The molecule has 0 amide bonds. The van der Waals surface area contributed by atoms with Gasteiger partial charge in [0.25, 0.3) is 10.0 Å². The van der Waals surface area contributed by atoms with Gasteiger partial charge in [-0.25, -0.2) is 13.4 Å². The van der Waals surface area contributed by atoms with Crippen LogP contribution in [0.3, 0.4) is 0 Å². The highest BCUT2D eigenvalue weighted by Gasteiger charge is 2.38. The standard InChI is InChI=1S/C20H24N6O3S/c1-14-21-20(13-24(14)2)30(27,28)25(3)15-11-26(12-15)19-10-9-17(22-23-19)16-7-5-6-8-18(16)29-4/h5-10,13,15H,11-12H2,1-4H3. The number of aromatic nitrogens is 4. The van der Waals surface area contributed by atoms with Crippen LogP contribution in [0.4, 0.5) is 5.82 Å². The summed E-state index contributed by atoms with van der Waals surface area (Å²) < 4.78 is 34.1. The summed E-state index contributed by atoms with van der Waals surface area (Å²) in [4.78, 5) is 6.16. The number of likely N-dealkylation sites (N-methyl/N-ethyl adjacent to an activating group) is 1. The van der Waals surface area contributed by atoms with Gasteiger partial charge in [-0.15, -0.1) is 10.2 Å². The Hall–Kier alpha value is -2.98. The molecule has 0 radical (unpaired) electrons. The number of sulfonamides is 1. The number of hydrogen-bond donors (Lipinski definition) is 0. The van der Waals surface area contributed by atoms with Crippen molar-refractivity contribution in [2.45, 2.75) is 18.0 Å². The van der Waals surface area contributed by atoms with E-state index >= 15 is 0 Å². The summed E-state index contributed by atoms with van der Waals surface area (Å²) in [6.07, 6.45) is 1.54. The molecular formula is C20H24N6O3S. The lowest BCUT2D eigenvalue weighted by atomic mass is 10.1. The minimum atomic E-state index is -3.63. The Kier molecular flexibility index (Phi) is 5.20. The van der Waals surface area contributed by atoms with E-state index in [-0.39, 0.29) is 11.1 Å². The van der Waals surface area contributed by atoms with E-state index in [1.54, 1.807) is 38.9 Å². The van der Waals surface area contributed by atoms with Crippen molar-refractivity contribution in [2.24, 2.45) is 7.05 Å². The van der Waals surface area contributed by atoms with E-state index in [0.717, 1.165) is 17.0 Å². The maximum absolute atomic E-state index is 12.8. The van der Waals surface area contributed by atoms with Crippen LogP contribution in [0.15, 0.2) is 47.6 Å². The van der Waals surface area contributed by atoms with Crippen LogP contribution in [0.2, 0.25) is 0 Å².